The molecule has 0 saturated heterocycles. The van der Waals surface area contributed by atoms with Crippen molar-refractivity contribution in [2.75, 3.05) is 0 Å². The first kappa shape index (κ1) is 22.6. The maximum Gasteiger partial charge on any atom is 0.846 e. The Hall–Kier alpha value is -4.19. The number of halogens is 1. The maximum atomic E-state index is 16.2. The molecule has 2 aliphatic rings. The minimum absolute atomic E-state index is 0.444. The Morgan fingerprint density at radius 2 is 1.77 bits per heavy atom. The molecule has 0 atom stereocenters. The van der Waals surface area contributed by atoms with Gasteiger partial charge in [-0.05, 0) is 61.7 Å². The summed E-state index contributed by atoms with van der Waals surface area (Å²) in [7, 11) is -1.35. The van der Waals surface area contributed by atoms with Gasteiger partial charge in [0.15, 0.2) is 11.4 Å². The number of benzene rings is 2. The van der Waals surface area contributed by atoms with E-state index in [1.54, 1.807) is 21.1 Å². The Balaban J connectivity index is 1.61. The van der Waals surface area contributed by atoms with Crippen LogP contribution in [-0.4, -0.2) is 27.9 Å². The number of allylic oxidation sites excluding steroid dienone is 3. The summed E-state index contributed by atoms with van der Waals surface area (Å²) in [5.74, 6) is -0.0576. The lowest BCUT2D eigenvalue weighted by atomic mass is 9.87. The summed E-state index contributed by atoms with van der Waals surface area (Å²) in [6, 6.07) is 19.4. The van der Waals surface area contributed by atoms with Crippen LogP contribution in [-0.2, 0) is 4.79 Å². The SMILES string of the molecule is C=CC(=O)Oc1ccc(/C=C/C2=[N+]3B(F)n4c(C)cc(C)c4C(c4ccccc4)=C3C(C)=C2)cc1. The average molecular weight is 463 g/mol. The van der Waals surface area contributed by atoms with Crippen LogP contribution in [0.2, 0.25) is 0 Å². The van der Waals surface area contributed by atoms with Gasteiger partial charge in [-0.3, -0.25) is 4.48 Å². The fourth-order valence-electron chi connectivity index (χ4n) is 4.86. The first-order valence-corrected chi connectivity index (χ1v) is 11.5. The molecule has 3 aromatic rings. The molecule has 0 radical (unpaired) electrons. The summed E-state index contributed by atoms with van der Waals surface area (Å²) in [5.41, 5.74) is 8.56. The predicted octanol–water partition coefficient (Wildman–Crippen LogP) is 5.90. The molecular formula is C29H25BFN2O2+. The van der Waals surface area contributed by atoms with Crippen molar-refractivity contribution in [3.05, 3.63) is 125 Å². The number of carbonyl (C=O) groups is 1. The van der Waals surface area contributed by atoms with E-state index in [1.807, 2.05) is 75.4 Å². The maximum absolute atomic E-state index is 16.2. The number of ether oxygens (including phenoxy) is 1. The van der Waals surface area contributed by atoms with E-state index < -0.39 is 13.2 Å². The third-order valence-corrected chi connectivity index (χ3v) is 6.35. The molecule has 0 aliphatic carbocycles. The van der Waals surface area contributed by atoms with Crippen molar-refractivity contribution >= 4 is 30.6 Å². The molecule has 0 amide bonds. The van der Waals surface area contributed by atoms with Crippen molar-refractivity contribution in [3.8, 4) is 5.75 Å². The zero-order valence-corrected chi connectivity index (χ0v) is 20.0. The van der Waals surface area contributed by atoms with E-state index in [9.17, 15) is 4.79 Å². The third kappa shape index (κ3) is 3.91. The van der Waals surface area contributed by atoms with E-state index in [0.29, 0.717) is 5.75 Å². The number of aromatic nitrogens is 1. The lowest BCUT2D eigenvalue weighted by molar-refractivity contribution is -0.335. The molecule has 5 rings (SSSR count). The van der Waals surface area contributed by atoms with Crippen LogP contribution < -0.4 is 4.74 Å². The number of hydrogen-bond donors (Lipinski definition) is 0. The van der Waals surface area contributed by atoms with E-state index in [2.05, 4.69) is 18.7 Å². The second-order valence-corrected chi connectivity index (χ2v) is 8.74. The zero-order valence-electron chi connectivity index (χ0n) is 20.0. The highest BCUT2D eigenvalue weighted by molar-refractivity contribution is 6.44. The largest absolute Gasteiger partial charge is 0.846 e. The lowest BCUT2D eigenvalue weighted by Gasteiger charge is -2.22. The van der Waals surface area contributed by atoms with Crippen LogP contribution >= 0.6 is 0 Å². The van der Waals surface area contributed by atoms with Crippen LogP contribution in [0.15, 0.2) is 96.7 Å². The van der Waals surface area contributed by atoms with Crippen LogP contribution in [0.5, 0.6) is 5.75 Å². The normalized spacial score (nSPS) is 14.9. The summed E-state index contributed by atoms with van der Waals surface area (Å²) >= 11 is 0. The summed E-state index contributed by atoms with van der Waals surface area (Å²) in [5, 5.41) is 0. The second-order valence-electron chi connectivity index (χ2n) is 8.74. The van der Waals surface area contributed by atoms with Gasteiger partial charge in [-0.2, -0.15) is 0 Å². The standard InChI is InChI=1S/C29H25BFN2O2/c1-5-26(34)35-25-15-12-22(13-16-25)11-14-24-18-20(3)29-27(23-9-7-6-8-10-23)28-19(2)17-21(4)32(28)30(31)33(24)29/h5-18H,1H2,2-4H3/q+1/b14-11+. The zero-order chi connectivity index (χ0) is 24.7. The van der Waals surface area contributed by atoms with Crippen molar-refractivity contribution in [1.29, 1.82) is 0 Å². The minimum atomic E-state index is -1.35. The Morgan fingerprint density at radius 3 is 2.46 bits per heavy atom. The third-order valence-electron chi connectivity index (χ3n) is 6.35. The van der Waals surface area contributed by atoms with Crippen LogP contribution in [0.3, 0.4) is 0 Å². The molecule has 0 saturated carbocycles. The van der Waals surface area contributed by atoms with Crippen molar-refractivity contribution < 1.29 is 18.3 Å². The number of nitrogens with zero attached hydrogens (tertiary/aromatic N) is 2. The van der Waals surface area contributed by atoms with Crippen molar-refractivity contribution in [1.82, 2.24) is 4.48 Å². The summed E-state index contributed by atoms with van der Waals surface area (Å²) in [4.78, 5) is 11.4. The van der Waals surface area contributed by atoms with E-state index in [0.717, 1.165) is 56.7 Å². The molecule has 2 aliphatic heterocycles. The van der Waals surface area contributed by atoms with Gasteiger partial charge in [-0.25, -0.2) is 13.6 Å². The van der Waals surface area contributed by atoms with E-state index in [1.165, 1.54) is 0 Å². The van der Waals surface area contributed by atoms with Crippen molar-refractivity contribution in [2.45, 2.75) is 20.8 Å². The number of rotatable bonds is 5. The first-order valence-electron chi connectivity index (χ1n) is 11.5. The summed E-state index contributed by atoms with van der Waals surface area (Å²) in [6.07, 6.45) is 7.00. The molecule has 6 heteroatoms. The van der Waals surface area contributed by atoms with Gasteiger partial charge in [-0.1, -0.05) is 49.0 Å². The molecule has 1 aromatic heterocycles. The average Bonchev–Trinajstić information content (AvgIpc) is 3.35. The molecule has 4 nitrogen and oxygen atoms in total. The van der Waals surface area contributed by atoms with Crippen LogP contribution in [0.25, 0.3) is 11.6 Å². The van der Waals surface area contributed by atoms with Gasteiger partial charge >= 0.3 is 13.2 Å². The molecule has 0 fully saturated rings. The number of esters is 1. The first-order chi connectivity index (χ1) is 16.9. The lowest BCUT2D eigenvalue weighted by Crippen LogP contribution is -2.41. The molecule has 3 heterocycles. The second kappa shape index (κ2) is 8.87. The van der Waals surface area contributed by atoms with Crippen LogP contribution in [0.1, 0.15) is 35.0 Å². The van der Waals surface area contributed by atoms with E-state index in [-0.39, 0.29) is 0 Å². The van der Waals surface area contributed by atoms with Crippen LogP contribution in [0.4, 0.5) is 4.32 Å². The summed E-state index contributed by atoms with van der Waals surface area (Å²) < 4.78 is 24.8. The molecule has 0 N–H and O–H groups in total. The molecule has 2 aromatic carbocycles. The molecular weight excluding hydrogens is 438 g/mol. The van der Waals surface area contributed by atoms with Gasteiger partial charge in [0.25, 0.3) is 0 Å². The van der Waals surface area contributed by atoms with Crippen LogP contribution in [0, 0.1) is 13.8 Å². The molecule has 172 valence electrons. The number of hydrogen-bond acceptors (Lipinski definition) is 2. The quantitative estimate of drug-likeness (QED) is 0.204. The molecule has 0 unspecified atom stereocenters. The minimum Gasteiger partial charge on any atom is -0.423 e. The summed E-state index contributed by atoms with van der Waals surface area (Å²) in [6.45, 7) is 9.42. The van der Waals surface area contributed by atoms with Gasteiger partial charge < -0.3 is 4.74 Å². The number of fused-ring (bicyclic) bond motifs is 2. The topological polar surface area (TPSA) is 34.2 Å². The van der Waals surface area contributed by atoms with Gasteiger partial charge in [0.05, 0.1) is 11.3 Å². The van der Waals surface area contributed by atoms with E-state index >= 15 is 4.32 Å². The highest BCUT2D eigenvalue weighted by Crippen LogP contribution is 2.40. The fourth-order valence-corrected chi connectivity index (χ4v) is 4.86. The van der Waals surface area contributed by atoms with Crippen molar-refractivity contribution in [3.63, 3.8) is 0 Å². The fraction of sp³-hybridized carbons (Fsp3) is 0.103. The highest BCUT2D eigenvalue weighted by atomic mass is 19.1. The van der Waals surface area contributed by atoms with Gasteiger partial charge in [0.2, 0.25) is 0 Å². The van der Waals surface area contributed by atoms with Gasteiger partial charge in [-0.15, -0.1) is 0 Å². The molecule has 0 bridgehead atoms. The Labute approximate surface area is 204 Å². The Morgan fingerprint density at radius 1 is 1.06 bits per heavy atom. The van der Waals surface area contributed by atoms with E-state index in [4.69, 9.17) is 4.74 Å². The monoisotopic (exact) mass is 463 g/mol. The highest BCUT2D eigenvalue weighted by Gasteiger charge is 2.51. The van der Waals surface area contributed by atoms with Crippen molar-refractivity contribution in [2.24, 2.45) is 0 Å². The van der Waals surface area contributed by atoms with Gasteiger partial charge in [0.1, 0.15) is 5.75 Å². The Bertz CT molecular complexity index is 1470. The van der Waals surface area contributed by atoms with Gasteiger partial charge in [0, 0.05) is 29.5 Å². The number of carbonyl (C=O) groups excluding carboxylic acids is 1. The Kier molecular flexibility index (Phi) is 5.73. The number of aryl methyl sites for hydroxylation is 2. The smallest absolute Gasteiger partial charge is 0.423 e. The molecule has 35 heavy (non-hydrogen) atoms. The molecule has 0 spiro atoms. The predicted molar refractivity (Wildman–Crippen MR) is 139 cm³/mol.